The third-order valence-corrected chi connectivity index (χ3v) is 6.66. The Hall–Kier alpha value is -4.93. The zero-order chi connectivity index (χ0) is 34.0. The lowest BCUT2D eigenvalue weighted by molar-refractivity contribution is -0.265. The molecule has 0 spiro atoms. The van der Waals surface area contributed by atoms with Gasteiger partial charge in [-0.2, -0.15) is 31.4 Å². The standard InChI is InChI=1S/C29H26F7N5O5/c1-3-46-25-16(11-22(37)42)10-21(39-24(25)15-4-6-19(30)7-5-15)27(44,29(34,35)36)13-38-26(43)17-8-18-12-41(14-28(31,32)33)40-23(18)20(9-17)45-2/h4-10,12,44H,3,11,13-14H2,1-2H3,(H2,37,42)(H,38,43)/t27-/m0/s1. The molecule has 17 heteroatoms. The van der Waals surface area contributed by atoms with Crippen molar-refractivity contribution in [1.82, 2.24) is 20.1 Å². The van der Waals surface area contributed by atoms with Crippen LogP contribution in [0.15, 0.2) is 48.7 Å². The van der Waals surface area contributed by atoms with E-state index >= 15 is 0 Å². The molecule has 2 amide bonds. The Balaban J connectivity index is 1.77. The molecule has 2 aromatic carbocycles. The minimum absolute atomic E-state index is 0.0104. The van der Waals surface area contributed by atoms with Crippen molar-refractivity contribution in [3.8, 4) is 22.8 Å². The van der Waals surface area contributed by atoms with E-state index in [1.807, 2.05) is 5.32 Å². The highest BCUT2D eigenvalue weighted by atomic mass is 19.4. The first-order valence-electron chi connectivity index (χ1n) is 13.4. The number of carbonyl (C=O) groups excluding carboxylic acids is 2. The topological polar surface area (TPSA) is 142 Å². The third kappa shape index (κ3) is 7.30. The van der Waals surface area contributed by atoms with E-state index in [1.165, 1.54) is 12.1 Å². The van der Waals surface area contributed by atoms with Crippen molar-refractivity contribution in [2.75, 3.05) is 20.3 Å². The summed E-state index contributed by atoms with van der Waals surface area (Å²) in [5, 5.41) is 16.9. The number of halogens is 7. The van der Waals surface area contributed by atoms with Gasteiger partial charge in [0.25, 0.3) is 5.91 Å². The number of ether oxygens (including phenoxy) is 2. The van der Waals surface area contributed by atoms with E-state index in [2.05, 4.69) is 10.1 Å². The van der Waals surface area contributed by atoms with Crippen LogP contribution in [0.4, 0.5) is 30.7 Å². The van der Waals surface area contributed by atoms with Crippen LogP contribution in [0.5, 0.6) is 11.5 Å². The maximum absolute atomic E-state index is 14.6. The van der Waals surface area contributed by atoms with E-state index in [0.29, 0.717) is 4.68 Å². The molecular formula is C29H26F7N5O5. The van der Waals surface area contributed by atoms with Gasteiger partial charge in [0, 0.05) is 28.3 Å². The van der Waals surface area contributed by atoms with Crippen molar-refractivity contribution < 1.29 is 54.9 Å². The summed E-state index contributed by atoms with van der Waals surface area (Å²) < 4.78 is 107. The van der Waals surface area contributed by atoms with E-state index in [9.17, 15) is 45.4 Å². The molecule has 246 valence electrons. The van der Waals surface area contributed by atoms with Crippen LogP contribution in [-0.4, -0.2) is 64.3 Å². The maximum Gasteiger partial charge on any atom is 0.424 e. The number of nitrogens with zero attached hydrogens (tertiary/aromatic N) is 3. The second kappa shape index (κ2) is 12.8. The molecule has 1 atom stereocenters. The minimum atomic E-state index is -5.47. The number of rotatable bonds is 11. The number of carbonyl (C=O) groups is 2. The van der Waals surface area contributed by atoms with Crippen LogP contribution >= 0.6 is 0 Å². The quantitative estimate of drug-likeness (QED) is 0.203. The van der Waals surface area contributed by atoms with Gasteiger partial charge in [0.15, 0.2) is 0 Å². The molecule has 0 bridgehead atoms. The Bertz CT molecular complexity index is 1760. The molecule has 2 heterocycles. The first-order valence-corrected chi connectivity index (χ1v) is 13.4. The molecule has 0 radical (unpaired) electrons. The summed E-state index contributed by atoms with van der Waals surface area (Å²) in [6, 6.07) is 7.35. The van der Waals surface area contributed by atoms with Crippen molar-refractivity contribution in [2.45, 2.75) is 37.8 Å². The second-order valence-corrected chi connectivity index (χ2v) is 10.0. The Morgan fingerprint density at radius 3 is 2.30 bits per heavy atom. The van der Waals surface area contributed by atoms with Crippen LogP contribution in [0.3, 0.4) is 0 Å². The van der Waals surface area contributed by atoms with Crippen LogP contribution in [0, 0.1) is 5.82 Å². The lowest BCUT2D eigenvalue weighted by Crippen LogP contribution is -2.51. The number of hydrogen-bond acceptors (Lipinski definition) is 7. The van der Waals surface area contributed by atoms with E-state index in [4.69, 9.17) is 15.2 Å². The summed E-state index contributed by atoms with van der Waals surface area (Å²) in [6.07, 6.45) is -9.72. The fraction of sp³-hybridized carbons (Fsp3) is 0.310. The second-order valence-electron chi connectivity index (χ2n) is 10.0. The van der Waals surface area contributed by atoms with Crippen molar-refractivity contribution in [3.63, 3.8) is 0 Å². The number of hydrogen-bond donors (Lipinski definition) is 3. The number of pyridine rings is 1. The van der Waals surface area contributed by atoms with Gasteiger partial charge in [-0.3, -0.25) is 14.3 Å². The van der Waals surface area contributed by atoms with Gasteiger partial charge in [0.05, 0.1) is 32.4 Å². The number of aliphatic hydroxyl groups is 1. The Kier molecular flexibility index (Phi) is 9.46. The lowest BCUT2D eigenvalue weighted by atomic mass is 9.93. The number of nitrogens with one attached hydrogen (secondary N) is 1. The molecule has 4 aromatic rings. The van der Waals surface area contributed by atoms with Crippen molar-refractivity contribution in [3.05, 3.63) is 71.3 Å². The zero-order valence-electron chi connectivity index (χ0n) is 24.1. The summed E-state index contributed by atoms with van der Waals surface area (Å²) in [5.74, 6) is -3.03. The van der Waals surface area contributed by atoms with Crippen molar-refractivity contribution in [1.29, 1.82) is 0 Å². The van der Waals surface area contributed by atoms with E-state index in [-0.39, 0.29) is 51.4 Å². The molecule has 4 N–H and O–H groups in total. The van der Waals surface area contributed by atoms with Crippen LogP contribution in [0.25, 0.3) is 22.2 Å². The Labute approximate surface area is 255 Å². The Morgan fingerprint density at radius 1 is 1.07 bits per heavy atom. The summed E-state index contributed by atoms with van der Waals surface area (Å²) in [4.78, 5) is 28.9. The first-order chi connectivity index (χ1) is 21.5. The molecule has 0 aliphatic rings. The average Bonchev–Trinajstić information content (AvgIpc) is 3.36. The first kappa shape index (κ1) is 34.0. The average molecular weight is 658 g/mol. The monoisotopic (exact) mass is 657 g/mol. The summed E-state index contributed by atoms with van der Waals surface area (Å²) in [6.45, 7) is -1.39. The molecule has 0 unspecified atom stereocenters. The number of primary amides is 1. The third-order valence-electron chi connectivity index (χ3n) is 6.66. The highest BCUT2D eigenvalue weighted by Gasteiger charge is 2.56. The largest absolute Gasteiger partial charge is 0.494 e. The molecule has 0 aliphatic carbocycles. The van der Waals surface area contributed by atoms with Gasteiger partial charge in [-0.05, 0) is 49.4 Å². The molecule has 0 saturated heterocycles. The Morgan fingerprint density at radius 2 is 1.74 bits per heavy atom. The van der Waals surface area contributed by atoms with E-state index < -0.39 is 60.8 Å². The van der Waals surface area contributed by atoms with Crippen molar-refractivity contribution in [2.24, 2.45) is 5.73 Å². The normalized spacial score (nSPS) is 13.3. The minimum Gasteiger partial charge on any atom is -0.494 e. The fourth-order valence-electron chi connectivity index (χ4n) is 4.58. The lowest BCUT2D eigenvalue weighted by Gasteiger charge is -2.31. The predicted octanol–water partition coefficient (Wildman–Crippen LogP) is 4.41. The summed E-state index contributed by atoms with van der Waals surface area (Å²) >= 11 is 0. The van der Waals surface area contributed by atoms with Crippen LogP contribution in [-0.2, 0) is 23.4 Å². The predicted molar refractivity (Wildman–Crippen MR) is 148 cm³/mol. The highest BCUT2D eigenvalue weighted by Crippen LogP contribution is 2.42. The zero-order valence-corrected chi connectivity index (χ0v) is 24.1. The van der Waals surface area contributed by atoms with Gasteiger partial charge < -0.3 is 25.6 Å². The number of aromatic nitrogens is 3. The van der Waals surface area contributed by atoms with Gasteiger partial charge in [-0.25, -0.2) is 9.37 Å². The number of alkyl halides is 6. The number of benzene rings is 2. The molecule has 10 nitrogen and oxygen atoms in total. The summed E-state index contributed by atoms with van der Waals surface area (Å²) in [7, 11) is 1.15. The maximum atomic E-state index is 14.6. The van der Waals surface area contributed by atoms with Crippen LogP contribution in [0.2, 0.25) is 0 Å². The van der Waals surface area contributed by atoms with Gasteiger partial charge in [0.2, 0.25) is 11.5 Å². The summed E-state index contributed by atoms with van der Waals surface area (Å²) in [5.41, 5.74) is -0.290. The highest BCUT2D eigenvalue weighted by molar-refractivity contribution is 5.99. The van der Waals surface area contributed by atoms with Gasteiger partial charge in [-0.15, -0.1) is 0 Å². The molecule has 4 rings (SSSR count). The number of fused-ring (bicyclic) bond motifs is 1. The molecule has 0 saturated carbocycles. The fourth-order valence-corrected chi connectivity index (χ4v) is 4.58. The van der Waals surface area contributed by atoms with E-state index in [1.54, 1.807) is 6.92 Å². The molecule has 2 aromatic heterocycles. The van der Waals surface area contributed by atoms with Crippen LogP contribution in [0.1, 0.15) is 28.5 Å². The molecular weight excluding hydrogens is 631 g/mol. The van der Waals surface area contributed by atoms with Gasteiger partial charge in [-0.1, -0.05) is 0 Å². The number of methoxy groups -OCH3 is 1. The molecule has 0 fully saturated rings. The number of amides is 2. The van der Waals surface area contributed by atoms with Gasteiger partial charge >= 0.3 is 12.4 Å². The van der Waals surface area contributed by atoms with E-state index in [0.717, 1.165) is 43.6 Å². The number of nitrogens with two attached hydrogens (primary N) is 1. The smallest absolute Gasteiger partial charge is 0.424 e. The molecule has 46 heavy (non-hydrogen) atoms. The van der Waals surface area contributed by atoms with Crippen LogP contribution < -0.4 is 20.5 Å². The van der Waals surface area contributed by atoms with Gasteiger partial charge in [0.1, 0.15) is 35.1 Å². The SMILES string of the molecule is CCOc1c(CC(N)=O)cc([C@@](O)(CNC(=O)c2cc(OC)c3nn(CC(F)(F)F)cc3c2)C(F)(F)F)nc1-c1ccc(F)cc1. The van der Waals surface area contributed by atoms with Crippen molar-refractivity contribution >= 4 is 22.7 Å². The molecule has 0 aliphatic heterocycles.